The lowest BCUT2D eigenvalue weighted by atomic mass is 9.82. The van der Waals surface area contributed by atoms with Crippen LogP contribution >= 0.6 is 0 Å². The van der Waals surface area contributed by atoms with E-state index in [1.54, 1.807) is 0 Å². The number of nitrogens with one attached hydrogen (secondary N) is 1. The van der Waals surface area contributed by atoms with Crippen LogP contribution in [0.1, 0.15) is 41.6 Å². The van der Waals surface area contributed by atoms with Gasteiger partial charge in [-0.1, -0.05) is 66.7 Å². The third-order valence-corrected chi connectivity index (χ3v) is 7.98. The number of aromatic nitrogens is 2. The minimum absolute atomic E-state index is 0.126. The van der Waals surface area contributed by atoms with E-state index in [2.05, 4.69) is 41.7 Å². The number of carboxylic acid groups (broad SMARTS) is 1. The highest BCUT2D eigenvalue weighted by atomic mass is 16.4. The number of aliphatic carboxylic acids is 1. The first kappa shape index (κ1) is 24.9. The van der Waals surface area contributed by atoms with E-state index < -0.39 is 5.97 Å². The molecule has 6 heteroatoms. The molecule has 1 saturated carbocycles. The molecule has 5 aromatic rings. The van der Waals surface area contributed by atoms with Crippen LogP contribution in [0.15, 0.2) is 91.1 Å². The normalized spacial score (nSPS) is 17.3. The molecule has 6 rings (SSSR count). The summed E-state index contributed by atoms with van der Waals surface area (Å²) < 4.78 is 1.92. The summed E-state index contributed by atoms with van der Waals surface area (Å²) in [6.45, 7) is 1.10. The fourth-order valence-electron chi connectivity index (χ4n) is 5.78. The molecule has 0 aliphatic heterocycles. The molecule has 1 fully saturated rings. The molecule has 0 atom stereocenters. The predicted octanol–water partition coefficient (Wildman–Crippen LogP) is 6.53. The third kappa shape index (κ3) is 5.28. The summed E-state index contributed by atoms with van der Waals surface area (Å²) in [5.74, 6) is -0.806. The average Bonchev–Trinajstić information content (AvgIpc) is 3.38. The number of nitrogens with zero attached hydrogens (tertiary/aromatic N) is 2. The van der Waals surface area contributed by atoms with Gasteiger partial charge in [0.05, 0.1) is 29.7 Å². The molecule has 0 bridgehead atoms. The SMILES string of the molecule is O=C(NCC1CCC(C(=O)O)CC1)c1cc(-c2ccccc2)cc2cnn(Cc3ccc4ccccc4c3)c12. The number of carboxylic acids is 1. The van der Waals surface area contributed by atoms with Crippen molar-refractivity contribution in [3.8, 4) is 11.1 Å². The number of hydrogen-bond acceptors (Lipinski definition) is 3. The van der Waals surface area contributed by atoms with Crippen molar-refractivity contribution in [2.24, 2.45) is 11.8 Å². The molecule has 1 aromatic heterocycles. The second-order valence-electron chi connectivity index (χ2n) is 10.6. The van der Waals surface area contributed by atoms with Crippen molar-refractivity contribution in [1.82, 2.24) is 15.1 Å². The second kappa shape index (κ2) is 10.7. The van der Waals surface area contributed by atoms with Crippen molar-refractivity contribution in [3.63, 3.8) is 0 Å². The van der Waals surface area contributed by atoms with E-state index in [9.17, 15) is 14.7 Å². The summed E-state index contributed by atoms with van der Waals surface area (Å²) in [6.07, 6.45) is 4.81. The van der Waals surface area contributed by atoms with Gasteiger partial charge < -0.3 is 10.4 Å². The van der Waals surface area contributed by atoms with Crippen LogP contribution in [0.2, 0.25) is 0 Å². The largest absolute Gasteiger partial charge is 0.481 e. The first-order valence-electron chi connectivity index (χ1n) is 13.6. The number of hydrogen-bond donors (Lipinski definition) is 2. The van der Waals surface area contributed by atoms with E-state index in [1.807, 2.05) is 59.4 Å². The summed E-state index contributed by atoms with van der Waals surface area (Å²) >= 11 is 0. The number of rotatable bonds is 7. The maximum atomic E-state index is 13.7. The Bertz CT molecular complexity index is 1650. The van der Waals surface area contributed by atoms with Crippen molar-refractivity contribution < 1.29 is 14.7 Å². The highest BCUT2D eigenvalue weighted by Crippen LogP contribution is 2.31. The van der Waals surface area contributed by atoms with Crippen LogP contribution in [0.4, 0.5) is 0 Å². The first-order valence-corrected chi connectivity index (χ1v) is 13.6. The van der Waals surface area contributed by atoms with Crippen LogP contribution in [0, 0.1) is 11.8 Å². The van der Waals surface area contributed by atoms with E-state index in [4.69, 9.17) is 5.10 Å². The number of carbonyl (C=O) groups excluding carboxylic acids is 1. The summed E-state index contributed by atoms with van der Waals surface area (Å²) in [6, 6.07) is 28.8. The topological polar surface area (TPSA) is 84.2 Å². The summed E-state index contributed by atoms with van der Waals surface area (Å²) in [7, 11) is 0. The predicted molar refractivity (Wildman–Crippen MR) is 154 cm³/mol. The number of benzene rings is 4. The van der Waals surface area contributed by atoms with Gasteiger partial charge in [-0.25, -0.2) is 0 Å². The van der Waals surface area contributed by atoms with E-state index in [-0.39, 0.29) is 11.8 Å². The molecule has 2 N–H and O–H groups in total. The minimum Gasteiger partial charge on any atom is -0.481 e. The van der Waals surface area contributed by atoms with Crippen molar-refractivity contribution in [2.75, 3.05) is 6.54 Å². The summed E-state index contributed by atoms with van der Waals surface area (Å²) in [5.41, 5.74) is 4.55. The van der Waals surface area contributed by atoms with Crippen molar-refractivity contribution in [1.29, 1.82) is 0 Å². The van der Waals surface area contributed by atoms with Gasteiger partial charge in [0.25, 0.3) is 5.91 Å². The van der Waals surface area contributed by atoms with E-state index >= 15 is 0 Å². The molecule has 1 heterocycles. The number of amides is 1. The molecule has 196 valence electrons. The Balaban J connectivity index is 1.31. The second-order valence-corrected chi connectivity index (χ2v) is 10.6. The highest BCUT2D eigenvalue weighted by molar-refractivity contribution is 6.07. The fourth-order valence-corrected chi connectivity index (χ4v) is 5.78. The van der Waals surface area contributed by atoms with Gasteiger partial charge in [-0.3, -0.25) is 14.3 Å². The molecule has 1 amide bonds. The van der Waals surface area contributed by atoms with Gasteiger partial charge >= 0.3 is 5.97 Å². The lowest BCUT2D eigenvalue weighted by Crippen LogP contribution is -2.32. The summed E-state index contributed by atoms with van der Waals surface area (Å²) in [4.78, 5) is 25.0. The Kier molecular flexibility index (Phi) is 6.84. The van der Waals surface area contributed by atoms with Gasteiger partial charge in [-0.2, -0.15) is 5.10 Å². The zero-order chi connectivity index (χ0) is 26.8. The smallest absolute Gasteiger partial charge is 0.306 e. The zero-order valence-corrected chi connectivity index (χ0v) is 21.7. The maximum absolute atomic E-state index is 13.7. The van der Waals surface area contributed by atoms with Gasteiger partial charge in [0.2, 0.25) is 0 Å². The van der Waals surface area contributed by atoms with Crippen LogP contribution in [0.5, 0.6) is 0 Å². The van der Waals surface area contributed by atoms with E-state index in [0.29, 0.717) is 37.4 Å². The standard InChI is InChI=1S/C33H31N3O3/c37-32(34-19-22-10-14-26(15-11-22)33(38)39)30-18-28(24-6-2-1-3-7-24)17-29-20-35-36(31(29)30)21-23-12-13-25-8-4-5-9-27(25)16-23/h1-9,12-13,16-18,20,22,26H,10-11,14-15,19,21H2,(H,34,37)(H,38,39). The van der Waals surface area contributed by atoms with Crippen LogP contribution in [-0.4, -0.2) is 33.3 Å². The minimum atomic E-state index is -0.711. The van der Waals surface area contributed by atoms with Crippen molar-refractivity contribution >= 4 is 33.6 Å². The Morgan fingerprint density at radius 3 is 2.33 bits per heavy atom. The maximum Gasteiger partial charge on any atom is 0.306 e. The molecule has 0 radical (unpaired) electrons. The highest BCUT2D eigenvalue weighted by Gasteiger charge is 2.26. The Labute approximate surface area is 227 Å². The molecular weight excluding hydrogens is 486 g/mol. The monoisotopic (exact) mass is 517 g/mol. The van der Waals surface area contributed by atoms with Gasteiger partial charge in [0, 0.05) is 11.9 Å². The number of fused-ring (bicyclic) bond motifs is 2. The van der Waals surface area contributed by atoms with Crippen molar-refractivity contribution in [3.05, 3.63) is 102 Å². The lowest BCUT2D eigenvalue weighted by molar-refractivity contribution is -0.143. The van der Waals surface area contributed by atoms with Crippen LogP contribution in [0.25, 0.3) is 32.8 Å². The Morgan fingerprint density at radius 1 is 0.821 bits per heavy atom. The lowest BCUT2D eigenvalue weighted by Gasteiger charge is -2.26. The molecule has 0 unspecified atom stereocenters. The van der Waals surface area contributed by atoms with Crippen LogP contribution in [0.3, 0.4) is 0 Å². The molecular formula is C33H31N3O3. The zero-order valence-electron chi connectivity index (χ0n) is 21.7. The average molecular weight is 518 g/mol. The fraction of sp³-hybridized carbons (Fsp3) is 0.242. The van der Waals surface area contributed by atoms with E-state index in [1.165, 1.54) is 10.8 Å². The van der Waals surface area contributed by atoms with Gasteiger partial charge in [-0.05, 0) is 77.3 Å². The molecule has 1 aliphatic carbocycles. The quantitative estimate of drug-likeness (QED) is 0.257. The van der Waals surface area contributed by atoms with Gasteiger partial charge in [0.15, 0.2) is 0 Å². The number of carbonyl (C=O) groups is 2. The Morgan fingerprint density at radius 2 is 1.56 bits per heavy atom. The molecule has 4 aromatic carbocycles. The Hall–Kier alpha value is -4.45. The molecule has 6 nitrogen and oxygen atoms in total. The molecule has 0 spiro atoms. The molecule has 39 heavy (non-hydrogen) atoms. The van der Waals surface area contributed by atoms with Crippen molar-refractivity contribution in [2.45, 2.75) is 32.2 Å². The third-order valence-electron chi connectivity index (χ3n) is 7.98. The van der Waals surface area contributed by atoms with Crippen LogP contribution in [-0.2, 0) is 11.3 Å². The van der Waals surface area contributed by atoms with Crippen LogP contribution < -0.4 is 5.32 Å². The van der Waals surface area contributed by atoms with Gasteiger partial charge in [0.1, 0.15) is 0 Å². The van der Waals surface area contributed by atoms with E-state index in [0.717, 1.165) is 40.4 Å². The molecule has 1 aliphatic rings. The first-order chi connectivity index (χ1) is 19.0. The molecule has 0 saturated heterocycles. The summed E-state index contributed by atoms with van der Waals surface area (Å²) in [5, 5.41) is 20.4. The van der Waals surface area contributed by atoms with Gasteiger partial charge in [-0.15, -0.1) is 0 Å².